The second kappa shape index (κ2) is 9.90. The minimum absolute atomic E-state index is 0.0443. The quantitative estimate of drug-likeness (QED) is 0.711. The lowest BCUT2D eigenvalue weighted by Gasteiger charge is -2.14. The van der Waals surface area contributed by atoms with Crippen molar-refractivity contribution in [1.29, 1.82) is 0 Å². The molecule has 0 aromatic heterocycles. The summed E-state index contributed by atoms with van der Waals surface area (Å²) in [6.07, 6.45) is 2.77. The Morgan fingerprint density at radius 3 is 2.65 bits per heavy atom. The molecule has 0 aliphatic rings. The highest BCUT2D eigenvalue weighted by molar-refractivity contribution is 5.92. The fraction of sp³-hybridized carbons (Fsp3) is 0.500. The number of hydrogen-bond donors (Lipinski definition) is 1. The highest BCUT2D eigenvalue weighted by Gasteiger charge is 2.08. The van der Waals surface area contributed by atoms with E-state index >= 15 is 0 Å². The second-order valence-electron chi connectivity index (χ2n) is 5.62. The van der Waals surface area contributed by atoms with Gasteiger partial charge in [-0.1, -0.05) is 19.1 Å². The normalized spacial score (nSPS) is 11.5. The third kappa shape index (κ3) is 6.74. The Balaban J connectivity index is 2.64. The number of hydrogen-bond acceptors (Lipinski definition) is 4. The Morgan fingerprint density at radius 1 is 1.30 bits per heavy atom. The average molecular weight is 320 g/mol. The second-order valence-corrected chi connectivity index (χ2v) is 5.62. The van der Waals surface area contributed by atoms with Crippen molar-refractivity contribution < 1.29 is 14.3 Å². The van der Waals surface area contributed by atoms with E-state index in [0.29, 0.717) is 24.7 Å². The van der Waals surface area contributed by atoms with E-state index in [2.05, 4.69) is 10.2 Å². The zero-order valence-electron chi connectivity index (χ0n) is 14.8. The van der Waals surface area contributed by atoms with Crippen LogP contribution >= 0.6 is 0 Å². The third-order valence-corrected chi connectivity index (χ3v) is 3.35. The molecule has 0 bridgehead atoms. The molecule has 1 rings (SSSR count). The molecule has 0 saturated heterocycles. The smallest absolute Gasteiger partial charge is 0.246 e. The van der Waals surface area contributed by atoms with Crippen LogP contribution in [0, 0.1) is 0 Å². The standard InChI is InChI=1S/C18H28N2O3/c1-6-7-14(2)18(21)19-13-15-8-9-16(17(12-15)22-5)23-11-10-20(3)4/h7-9,12H,6,10-11,13H2,1-5H3,(H,19,21)/b14-7+. The highest BCUT2D eigenvalue weighted by atomic mass is 16.5. The molecule has 0 radical (unpaired) electrons. The summed E-state index contributed by atoms with van der Waals surface area (Å²) in [5, 5.41) is 2.90. The van der Waals surface area contributed by atoms with E-state index in [-0.39, 0.29) is 5.91 Å². The first-order chi connectivity index (χ1) is 11.0. The summed E-state index contributed by atoms with van der Waals surface area (Å²) in [4.78, 5) is 14.0. The van der Waals surface area contributed by atoms with Crippen LogP contribution in [0.2, 0.25) is 0 Å². The third-order valence-electron chi connectivity index (χ3n) is 3.35. The molecule has 0 heterocycles. The first-order valence-electron chi connectivity index (χ1n) is 7.87. The zero-order chi connectivity index (χ0) is 17.2. The molecule has 0 fully saturated rings. The SMILES string of the molecule is CC/C=C(\C)C(=O)NCc1ccc(OCCN(C)C)c(OC)c1. The van der Waals surface area contributed by atoms with Gasteiger partial charge in [0.25, 0.3) is 0 Å². The van der Waals surface area contributed by atoms with Crippen molar-refractivity contribution in [2.75, 3.05) is 34.4 Å². The van der Waals surface area contributed by atoms with Crippen LogP contribution in [0.1, 0.15) is 25.8 Å². The van der Waals surface area contributed by atoms with E-state index in [0.717, 1.165) is 24.1 Å². The Morgan fingerprint density at radius 2 is 2.04 bits per heavy atom. The summed E-state index contributed by atoms with van der Waals surface area (Å²) in [6.45, 7) is 5.73. The van der Waals surface area contributed by atoms with Gasteiger partial charge in [0.1, 0.15) is 6.61 Å². The molecule has 0 unspecified atom stereocenters. The molecule has 5 heteroatoms. The minimum Gasteiger partial charge on any atom is -0.493 e. The van der Waals surface area contributed by atoms with E-state index in [1.54, 1.807) is 7.11 Å². The highest BCUT2D eigenvalue weighted by Crippen LogP contribution is 2.28. The van der Waals surface area contributed by atoms with Crippen LogP contribution in [0.5, 0.6) is 11.5 Å². The Labute approximate surface area is 139 Å². The van der Waals surface area contributed by atoms with Crippen molar-refractivity contribution in [2.24, 2.45) is 0 Å². The molecule has 0 spiro atoms. The molecule has 1 aromatic carbocycles. The molecule has 0 aliphatic heterocycles. The molecule has 128 valence electrons. The topological polar surface area (TPSA) is 50.8 Å². The molecular formula is C18H28N2O3. The summed E-state index contributed by atoms with van der Waals surface area (Å²) in [6, 6.07) is 5.71. The van der Waals surface area contributed by atoms with Crippen molar-refractivity contribution in [1.82, 2.24) is 10.2 Å². The number of allylic oxidation sites excluding steroid dienone is 1. The Bertz CT molecular complexity index is 539. The minimum atomic E-state index is -0.0443. The molecule has 0 aliphatic carbocycles. The summed E-state index contributed by atoms with van der Waals surface area (Å²) >= 11 is 0. The largest absolute Gasteiger partial charge is 0.493 e. The van der Waals surface area contributed by atoms with E-state index in [9.17, 15) is 4.79 Å². The average Bonchev–Trinajstić information content (AvgIpc) is 2.53. The Kier molecular flexibility index (Phi) is 8.19. The van der Waals surface area contributed by atoms with Gasteiger partial charge in [0, 0.05) is 18.7 Å². The van der Waals surface area contributed by atoms with Crippen molar-refractivity contribution >= 4 is 5.91 Å². The molecule has 5 nitrogen and oxygen atoms in total. The number of methoxy groups -OCH3 is 1. The van der Waals surface area contributed by atoms with Gasteiger partial charge in [-0.05, 0) is 45.1 Å². The van der Waals surface area contributed by atoms with Crippen LogP contribution in [0.15, 0.2) is 29.8 Å². The number of nitrogens with one attached hydrogen (secondary N) is 1. The maximum absolute atomic E-state index is 11.9. The number of ether oxygens (including phenoxy) is 2. The Hall–Kier alpha value is -2.01. The number of amides is 1. The first kappa shape index (κ1) is 19.0. The number of likely N-dealkylation sites (N-methyl/N-ethyl adjacent to an activating group) is 1. The lowest BCUT2D eigenvalue weighted by Crippen LogP contribution is -2.23. The monoisotopic (exact) mass is 320 g/mol. The maximum atomic E-state index is 11.9. The summed E-state index contributed by atoms with van der Waals surface area (Å²) in [5.74, 6) is 1.35. The predicted octanol–water partition coefficient (Wildman–Crippen LogP) is 2.61. The number of carbonyl (C=O) groups is 1. The van der Waals surface area contributed by atoms with Crippen molar-refractivity contribution in [3.63, 3.8) is 0 Å². The summed E-state index contributed by atoms with van der Waals surface area (Å²) in [7, 11) is 5.62. The van der Waals surface area contributed by atoms with Crippen LogP contribution in [0.25, 0.3) is 0 Å². The van der Waals surface area contributed by atoms with E-state index in [4.69, 9.17) is 9.47 Å². The van der Waals surface area contributed by atoms with Crippen LogP contribution in [-0.2, 0) is 11.3 Å². The lowest BCUT2D eigenvalue weighted by atomic mass is 10.2. The number of benzene rings is 1. The van der Waals surface area contributed by atoms with Gasteiger partial charge in [0.15, 0.2) is 11.5 Å². The van der Waals surface area contributed by atoms with Crippen LogP contribution in [0.3, 0.4) is 0 Å². The number of carbonyl (C=O) groups excluding carboxylic acids is 1. The number of rotatable bonds is 9. The van der Waals surface area contributed by atoms with Gasteiger partial charge >= 0.3 is 0 Å². The van der Waals surface area contributed by atoms with Gasteiger partial charge in [-0.3, -0.25) is 4.79 Å². The van der Waals surface area contributed by atoms with E-state index in [1.165, 1.54) is 0 Å². The van der Waals surface area contributed by atoms with Gasteiger partial charge < -0.3 is 19.7 Å². The fourth-order valence-electron chi connectivity index (χ4n) is 2.00. The molecule has 23 heavy (non-hydrogen) atoms. The molecule has 0 atom stereocenters. The molecule has 1 N–H and O–H groups in total. The number of nitrogens with zero attached hydrogens (tertiary/aromatic N) is 1. The van der Waals surface area contributed by atoms with E-state index < -0.39 is 0 Å². The lowest BCUT2D eigenvalue weighted by molar-refractivity contribution is -0.117. The van der Waals surface area contributed by atoms with Gasteiger partial charge in [-0.15, -0.1) is 0 Å². The zero-order valence-corrected chi connectivity index (χ0v) is 14.8. The molecule has 0 saturated carbocycles. The maximum Gasteiger partial charge on any atom is 0.246 e. The van der Waals surface area contributed by atoms with Crippen LogP contribution in [-0.4, -0.2) is 45.2 Å². The summed E-state index contributed by atoms with van der Waals surface area (Å²) in [5.41, 5.74) is 1.71. The molecule has 1 amide bonds. The van der Waals surface area contributed by atoms with Crippen LogP contribution < -0.4 is 14.8 Å². The predicted molar refractivity (Wildman–Crippen MR) is 92.9 cm³/mol. The van der Waals surface area contributed by atoms with Gasteiger partial charge in [-0.2, -0.15) is 0 Å². The first-order valence-corrected chi connectivity index (χ1v) is 7.87. The van der Waals surface area contributed by atoms with Crippen LogP contribution in [0.4, 0.5) is 0 Å². The van der Waals surface area contributed by atoms with Crippen molar-refractivity contribution in [3.8, 4) is 11.5 Å². The molecular weight excluding hydrogens is 292 g/mol. The van der Waals surface area contributed by atoms with Gasteiger partial charge in [-0.25, -0.2) is 0 Å². The summed E-state index contributed by atoms with van der Waals surface area (Å²) < 4.78 is 11.1. The molecule has 1 aromatic rings. The van der Waals surface area contributed by atoms with Gasteiger partial charge in [0.05, 0.1) is 7.11 Å². The van der Waals surface area contributed by atoms with Gasteiger partial charge in [0.2, 0.25) is 5.91 Å². The van der Waals surface area contributed by atoms with Crippen molar-refractivity contribution in [2.45, 2.75) is 26.8 Å². The van der Waals surface area contributed by atoms with E-state index in [1.807, 2.05) is 52.2 Å². The fourth-order valence-corrected chi connectivity index (χ4v) is 2.00. The van der Waals surface area contributed by atoms with Crippen molar-refractivity contribution in [3.05, 3.63) is 35.4 Å².